The molecule has 0 fully saturated rings. The first-order valence-electron chi connectivity index (χ1n) is 17.0. The van der Waals surface area contributed by atoms with Gasteiger partial charge in [-0.25, -0.2) is 9.59 Å². The number of hydrogen-bond acceptors (Lipinski definition) is 8. The quantitative estimate of drug-likeness (QED) is 0.0947. The van der Waals surface area contributed by atoms with Crippen molar-refractivity contribution >= 4 is 11.9 Å². The minimum Gasteiger partial charge on any atom is -0.490 e. The molecule has 2 unspecified atom stereocenters. The number of carbonyl (C=O) groups is 2. The predicted octanol–water partition coefficient (Wildman–Crippen LogP) is 7.00. The summed E-state index contributed by atoms with van der Waals surface area (Å²) in [4.78, 5) is 23.6. The highest BCUT2D eigenvalue weighted by Gasteiger charge is 2.46. The Morgan fingerprint density at radius 1 is 0.608 bits per heavy atom. The van der Waals surface area contributed by atoms with E-state index in [4.69, 9.17) is 18.9 Å². The predicted molar refractivity (Wildman–Crippen MR) is 197 cm³/mol. The zero-order chi connectivity index (χ0) is 37.0. The van der Waals surface area contributed by atoms with E-state index in [0.29, 0.717) is 11.5 Å². The Balaban J connectivity index is 1.54. The average molecular weight is 691 g/mol. The maximum atomic E-state index is 11.8. The average Bonchev–Trinajstić information content (AvgIpc) is 3.39. The van der Waals surface area contributed by atoms with Crippen LogP contribution in [0.25, 0.3) is 11.1 Å². The third-order valence-electron chi connectivity index (χ3n) is 9.09. The van der Waals surface area contributed by atoms with Gasteiger partial charge in [-0.3, -0.25) is 0 Å². The van der Waals surface area contributed by atoms with Gasteiger partial charge in [0.05, 0.1) is 5.41 Å². The maximum absolute atomic E-state index is 11.8. The Labute approximate surface area is 300 Å². The lowest BCUT2D eigenvalue weighted by Crippen LogP contribution is -2.30. The fourth-order valence-corrected chi connectivity index (χ4v) is 6.86. The number of ether oxygens (including phenoxy) is 4. The Morgan fingerprint density at radius 3 is 1.27 bits per heavy atom. The van der Waals surface area contributed by atoms with Gasteiger partial charge >= 0.3 is 11.9 Å². The van der Waals surface area contributed by atoms with Gasteiger partial charge in [-0.1, -0.05) is 86.0 Å². The minimum atomic E-state index is -1.01. The molecule has 0 radical (unpaired) electrons. The van der Waals surface area contributed by atoms with Crippen LogP contribution in [0.2, 0.25) is 0 Å². The molecular formula is C43H46O8. The molecule has 0 spiro atoms. The molecule has 0 bridgehead atoms. The van der Waals surface area contributed by atoms with Gasteiger partial charge in [-0.05, 0) is 97.2 Å². The van der Waals surface area contributed by atoms with Crippen LogP contribution in [-0.2, 0) is 24.5 Å². The molecule has 51 heavy (non-hydrogen) atoms. The highest BCUT2D eigenvalue weighted by atomic mass is 16.6. The number of hydrogen-bond donors (Lipinski definition) is 2. The van der Waals surface area contributed by atoms with Gasteiger partial charge in [0.2, 0.25) is 0 Å². The van der Waals surface area contributed by atoms with Crippen LogP contribution < -0.4 is 9.47 Å². The summed E-state index contributed by atoms with van der Waals surface area (Å²) in [6.07, 6.45) is -2.02. The summed E-state index contributed by atoms with van der Waals surface area (Å²) in [6, 6.07) is 25.5. The Morgan fingerprint density at radius 2 is 0.941 bits per heavy atom. The summed E-state index contributed by atoms with van der Waals surface area (Å²) >= 11 is 0. The Hall–Kier alpha value is -5.18. The van der Waals surface area contributed by atoms with E-state index in [1.807, 2.05) is 27.7 Å². The molecule has 0 saturated carbocycles. The fourth-order valence-electron chi connectivity index (χ4n) is 6.86. The van der Waals surface area contributed by atoms with E-state index in [0.717, 1.165) is 55.6 Å². The van der Waals surface area contributed by atoms with Gasteiger partial charge in [-0.2, -0.15) is 0 Å². The van der Waals surface area contributed by atoms with Crippen molar-refractivity contribution in [2.45, 2.75) is 59.2 Å². The molecule has 2 atom stereocenters. The van der Waals surface area contributed by atoms with Gasteiger partial charge in [0.25, 0.3) is 0 Å². The van der Waals surface area contributed by atoms with Crippen LogP contribution in [0.5, 0.6) is 11.5 Å². The van der Waals surface area contributed by atoms with Crippen molar-refractivity contribution in [3.8, 4) is 22.6 Å². The molecule has 0 aliphatic heterocycles. The number of carbonyl (C=O) groups excluding carboxylic acids is 2. The van der Waals surface area contributed by atoms with Gasteiger partial charge in [0.1, 0.15) is 50.1 Å². The van der Waals surface area contributed by atoms with Crippen LogP contribution in [0.1, 0.15) is 58.4 Å². The Kier molecular flexibility index (Phi) is 11.2. The molecule has 5 rings (SSSR count). The van der Waals surface area contributed by atoms with Crippen molar-refractivity contribution in [1.29, 1.82) is 0 Å². The van der Waals surface area contributed by atoms with Crippen LogP contribution in [0.15, 0.2) is 97.1 Å². The van der Waals surface area contributed by atoms with E-state index in [9.17, 15) is 19.8 Å². The molecule has 4 aromatic carbocycles. The normalized spacial score (nSPS) is 13.7. The first-order valence-corrected chi connectivity index (χ1v) is 17.0. The number of aryl methyl sites for hydroxylation is 4. The summed E-state index contributed by atoms with van der Waals surface area (Å²) < 4.78 is 22.5. The van der Waals surface area contributed by atoms with Crippen molar-refractivity contribution < 1.29 is 38.7 Å². The van der Waals surface area contributed by atoms with Gasteiger partial charge in [-0.15, -0.1) is 0 Å². The maximum Gasteiger partial charge on any atom is 0.333 e. The highest BCUT2D eigenvalue weighted by Crippen LogP contribution is 2.57. The Bertz CT molecular complexity index is 1800. The van der Waals surface area contributed by atoms with Crippen LogP contribution in [0.4, 0.5) is 0 Å². The van der Waals surface area contributed by atoms with Crippen molar-refractivity contribution in [1.82, 2.24) is 0 Å². The topological polar surface area (TPSA) is 112 Å². The van der Waals surface area contributed by atoms with Crippen LogP contribution in [-0.4, -0.2) is 60.8 Å². The third-order valence-corrected chi connectivity index (χ3v) is 9.09. The third kappa shape index (κ3) is 7.48. The van der Waals surface area contributed by atoms with Crippen molar-refractivity contribution in [2.24, 2.45) is 0 Å². The lowest BCUT2D eigenvalue weighted by molar-refractivity contribution is -0.143. The summed E-state index contributed by atoms with van der Waals surface area (Å²) in [5, 5.41) is 21.0. The molecule has 1 aliphatic rings. The lowest BCUT2D eigenvalue weighted by Gasteiger charge is -2.35. The number of benzene rings is 4. The van der Waals surface area contributed by atoms with Crippen LogP contribution in [0, 0.1) is 27.7 Å². The van der Waals surface area contributed by atoms with Gasteiger partial charge in [0, 0.05) is 11.1 Å². The minimum absolute atomic E-state index is 0.0494. The molecule has 0 amide bonds. The van der Waals surface area contributed by atoms with E-state index in [1.54, 1.807) is 13.8 Å². The molecular weight excluding hydrogens is 644 g/mol. The van der Waals surface area contributed by atoms with E-state index < -0.39 is 29.6 Å². The second-order valence-corrected chi connectivity index (χ2v) is 13.4. The summed E-state index contributed by atoms with van der Waals surface area (Å²) in [5.74, 6) is 0.194. The molecule has 0 heterocycles. The van der Waals surface area contributed by atoms with E-state index in [2.05, 4.69) is 86.0 Å². The summed E-state index contributed by atoms with van der Waals surface area (Å²) in [5.41, 5.74) is 10.1. The second-order valence-electron chi connectivity index (χ2n) is 13.4. The zero-order valence-electron chi connectivity index (χ0n) is 30.2. The first kappa shape index (κ1) is 37.1. The zero-order valence-corrected chi connectivity index (χ0v) is 30.2. The largest absolute Gasteiger partial charge is 0.490 e. The highest BCUT2D eigenvalue weighted by molar-refractivity contribution is 5.88. The number of rotatable bonds is 14. The van der Waals surface area contributed by atoms with Crippen LogP contribution in [0.3, 0.4) is 0 Å². The van der Waals surface area contributed by atoms with E-state index >= 15 is 0 Å². The molecule has 2 N–H and O–H groups in total. The molecule has 0 aromatic heterocycles. The monoisotopic (exact) mass is 690 g/mol. The standard InChI is InChI=1S/C43H46O8/c1-25(2)41(46)50-23-33(44)21-48-39-27(5)17-31(18-28(39)6)43(37-15-11-9-13-35(37)36-14-10-12-16-38(36)43)32-19-29(7)40(30(8)20-32)49-22-34(45)24-51-42(47)26(3)4/h9-20,33-34,44-45H,1,3,21-24H2,2,4-8H3. The van der Waals surface area contributed by atoms with Crippen molar-refractivity contribution in [2.75, 3.05) is 26.4 Å². The fraction of sp³-hybridized carbons (Fsp3) is 0.302. The smallest absolute Gasteiger partial charge is 0.333 e. The molecule has 266 valence electrons. The number of aliphatic hydroxyl groups is 2. The molecule has 4 aromatic rings. The SMILES string of the molecule is C=C(C)C(=O)OCC(O)COc1c(C)cc(C2(c3cc(C)c(OCC(O)COC(=O)C(=C)C)c(C)c3)c3ccccc3-c3ccccc32)cc1C. The molecule has 8 nitrogen and oxygen atoms in total. The number of aliphatic hydroxyl groups excluding tert-OH is 2. The van der Waals surface area contributed by atoms with E-state index in [-0.39, 0.29) is 37.6 Å². The number of fused-ring (bicyclic) bond motifs is 3. The van der Waals surface area contributed by atoms with Crippen molar-refractivity contribution in [3.63, 3.8) is 0 Å². The first-order chi connectivity index (χ1) is 24.2. The number of esters is 2. The van der Waals surface area contributed by atoms with Gasteiger partial charge in [0.15, 0.2) is 0 Å². The van der Waals surface area contributed by atoms with Crippen LogP contribution >= 0.6 is 0 Å². The molecule has 8 heteroatoms. The lowest BCUT2D eigenvalue weighted by atomic mass is 9.66. The molecule has 0 saturated heterocycles. The second kappa shape index (κ2) is 15.4. The molecule has 1 aliphatic carbocycles. The van der Waals surface area contributed by atoms with Gasteiger partial charge < -0.3 is 29.2 Å². The van der Waals surface area contributed by atoms with E-state index in [1.165, 1.54) is 0 Å². The summed E-state index contributed by atoms with van der Waals surface area (Å²) in [6.45, 7) is 17.7. The van der Waals surface area contributed by atoms with Crippen molar-refractivity contribution in [3.05, 3.63) is 142 Å². The summed E-state index contributed by atoms with van der Waals surface area (Å²) in [7, 11) is 0.